The highest BCUT2D eigenvalue weighted by atomic mass is 16.5. The predicted octanol–water partition coefficient (Wildman–Crippen LogP) is 3.54. The van der Waals surface area contributed by atoms with Gasteiger partial charge in [-0.25, -0.2) is 0 Å². The minimum atomic E-state index is 0.396. The Bertz CT molecular complexity index is 343. The van der Waals surface area contributed by atoms with Crippen LogP contribution in [0.15, 0.2) is 24.3 Å². The number of rotatable bonds is 6. The van der Waals surface area contributed by atoms with Gasteiger partial charge in [0.25, 0.3) is 0 Å². The van der Waals surface area contributed by atoms with E-state index in [1.54, 1.807) is 0 Å². The van der Waals surface area contributed by atoms with Crippen molar-refractivity contribution in [1.82, 2.24) is 5.32 Å². The van der Waals surface area contributed by atoms with Crippen LogP contribution < -0.4 is 10.1 Å². The second-order valence-corrected chi connectivity index (χ2v) is 4.90. The van der Waals surface area contributed by atoms with Gasteiger partial charge in [0.05, 0.1) is 6.61 Å². The van der Waals surface area contributed by atoms with E-state index in [2.05, 4.69) is 36.5 Å². The van der Waals surface area contributed by atoms with Crippen LogP contribution in [0.4, 0.5) is 0 Å². The summed E-state index contributed by atoms with van der Waals surface area (Å²) in [4.78, 5) is 0. The molecule has 0 heterocycles. The average molecular weight is 233 g/mol. The molecular formula is C15H23NO. The molecule has 0 spiro atoms. The van der Waals surface area contributed by atoms with Crippen molar-refractivity contribution in [1.29, 1.82) is 0 Å². The van der Waals surface area contributed by atoms with Crippen LogP contribution in [-0.2, 0) is 0 Å². The van der Waals surface area contributed by atoms with Crippen LogP contribution in [0.5, 0.6) is 5.75 Å². The lowest BCUT2D eigenvalue weighted by Gasteiger charge is -2.26. The van der Waals surface area contributed by atoms with Crippen molar-refractivity contribution in [2.24, 2.45) is 5.92 Å². The van der Waals surface area contributed by atoms with Gasteiger partial charge in [-0.1, -0.05) is 31.5 Å². The van der Waals surface area contributed by atoms with Crippen molar-refractivity contribution < 1.29 is 4.74 Å². The van der Waals surface area contributed by atoms with Crippen molar-refractivity contribution in [2.75, 3.05) is 13.7 Å². The molecule has 1 unspecified atom stereocenters. The largest absolute Gasteiger partial charge is 0.493 e. The first-order valence-electron chi connectivity index (χ1n) is 6.74. The van der Waals surface area contributed by atoms with Gasteiger partial charge >= 0.3 is 0 Å². The van der Waals surface area contributed by atoms with E-state index < -0.39 is 0 Å². The Labute approximate surface area is 104 Å². The lowest BCUT2D eigenvalue weighted by molar-refractivity contribution is 0.178. The topological polar surface area (TPSA) is 21.3 Å². The Morgan fingerprint density at radius 1 is 1.35 bits per heavy atom. The van der Waals surface area contributed by atoms with Crippen molar-refractivity contribution in [2.45, 2.75) is 38.6 Å². The molecule has 2 heteroatoms. The van der Waals surface area contributed by atoms with Gasteiger partial charge in [-0.05, 0) is 38.3 Å². The summed E-state index contributed by atoms with van der Waals surface area (Å²) < 4.78 is 5.99. The fourth-order valence-corrected chi connectivity index (χ4v) is 2.35. The maximum Gasteiger partial charge on any atom is 0.124 e. The Balaban J connectivity index is 2.03. The summed E-state index contributed by atoms with van der Waals surface area (Å²) in [6.07, 6.45) is 5.14. The Hall–Kier alpha value is -1.02. The van der Waals surface area contributed by atoms with E-state index in [1.807, 2.05) is 7.05 Å². The zero-order valence-electron chi connectivity index (χ0n) is 10.9. The molecule has 0 bridgehead atoms. The molecule has 2 rings (SSSR count). The summed E-state index contributed by atoms with van der Waals surface area (Å²) in [5.41, 5.74) is 1.29. The minimum absolute atomic E-state index is 0.396. The molecule has 1 aliphatic rings. The van der Waals surface area contributed by atoms with Gasteiger partial charge < -0.3 is 10.1 Å². The molecule has 1 fully saturated rings. The maximum absolute atomic E-state index is 5.99. The van der Waals surface area contributed by atoms with Crippen LogP contribution in [0.3, 0.4) is 0 Å². The van der Waals surface area contributed by atoms with Crippen molar-refractivity contribution in [3.05, 3.63) is 29.8 Å². The lowest BCUT2D eigenvalue weighted by atomic mass is 9.86. The summed E-state index contributed by atoms with van der Waals surface area (Å²) in [5.74, 6) is 1.85. The van der Waals surface area contributed by atoms with Gasteiger partial charge in [-0.3, -0.25) is 0 Å². The molecule has 2 nitrogen and oxygen atoms in total. The quantitative estimate of drug-likeness (QED) is 0.811. The van der Waals surface area contributed by atoms with Crippen LogP contribution in [-0.4, -0.2) is 13.7 Å². The smallest absolute Gasteiger partial charge is 0.124 e. The highest BCUT2D eigenvalue weighted by molar-refractivity contribution is 5.35. The molecule has 1 aromatic rings. The molecule has 0 radical (unpaired) electrons. The van der Waals surface area contributed by atoms with Gasteiger partial charge in [-0.15, -0.1) is 0 Å². The number of ether oxygens (including phenoxy) is 1. The van der Waals surface area contributed by atoms with Crippen LogP contribution in [0.1, 0.15) is 44.2 Å². The fourth-order valence-electron chi connectivity index (χ4n) is 2.35. The normalized spacial score (nSPS) is 17.5. The SMILES string of the molecule is CCC(NC)c1ccccc1OCC1CCC1. The molecule has 94 valence electrons. The molecule has 1 aliphatic carbocycles. The molecule has 0 amide bonds. The fraction of sp³-hybridized carbons (Fsp3) is 0.600. The number of benzene rings is 1. The van der Waals surface area contributed by atoms with Crippen molar-refractivity contribution >= 4 is 0 Å². The van der Waals surface area contributed by atoms with Gasteiger partial charge in [-0.2, -0.15) is 0 Å². The predicted molar refractivity (Wildman–Crippen MR) is 71.4 cm³/mol. The third-order valence-corrected chi connectivity index (χ3v) is 3.75. The summed E-state index contributed by atoms with van der Waals surface area (Å²) in [7, 11) is 2.01. The maximum atomic E-state index is 5.99. The first-order valence-corrected chi connectivity index (χ1v) is 6.74. The average Bonchev–Trinajstić information content (AvgIpc) is 2.30. The van der Waals surface area contributed by atoms with Crippen molar-refractivity contribution in [3.8, 4) is 5.75 Å². The van der Waals surface area contributed by atoms with Gasteiger partial charge in [0.15, 0.2) is 0 Å². The zero-order valence-corrected chi connectivity index (χ0v) is 10.9. The van der Waals surface area contributed by atoms with E-state index in [9.17, 15) is 0 Å². The first-order chi connectivity index (χ1) is 8.35. The Morgan fingerprint density at radius 2 is 2.12 bits per heavy atom. The standard InChI is InChI=1S/C15H23NO/c1-3-14(16-2)13-9-4-5-10-15(13)17-11-12-7-6-8-12/h4-5,9-10,12,14,16H,3,6-8,11H2,1-2H3. The van der Waals surface area contributed by atoms with Crippen LogP contribution in [0, 0.1) is 5.92 Å². The van der Waals surface area contributed by atoms with E-state index in [1.165, 1.54) is 24.8 Å². The number of para-hydroxylation sites is 1. The van der Waals surface area contributed by atoms with Crippen LogP contribution in [0.25, 0.3) is 0 Å². The van der Waals surface area contributed by atoms with E-state index in [0.29, 0.717) is 6.04 Å². The molecule has 0 aliphatic heterocycles. The van der Waals surface area contributed by atoms with E-state index in [0.717, 1.165) is 24.7 Å². The molecule has 0 saturated heterocycles. The first kappa shape index (κ1) is 12.4. The van der Waals surface area contributed by atoms with Gasteiger partial charge in [0.1, 0.15) is 5.75 Å². The molecule has 0 aromatic heterocycles. The summed E-state index contributed by atoms with van der Waals surface area (Å²) in [5, 5.41) is 3.34. The monoisotopic (exact) mass is 233 g/mol. The number of hydrogen-bond donors (Lipinski definition) is 1. The van der Waals surface area contributed by atoms with Gasteiger partial charge in [0, 0.05) is 11.6 Å². The molecular weight excluding hydrogens is 210 g/mol. The molecule has 1 saturated carbocycles. The van der Waals surface area contributed by atoms with Crippen molar-refractivity contribution in [3.63, 3.8) is 0 Å². The van der Waals surface area contributed by atoms with E-state index in [4.69, 9.17) is 4.74 Å². The summed E-state index contributed by atoms with van der Waals surface area (Å²) >= 11 is 0. The van der Waals surface area contributed by atoms with E-state index >= 15 is 0 Å². The van der Waals surface area contributed by atoms with Gasteiger partial charge in [0.2, 0.25) is 0 Å². The highest BCUT2D eigenvalue weighted by Gasteiger charge is 2.19. The second kappa shape index (κ2) is 6.06. The highest BCUT2D eigenvalue weighted by Crippen LogP contribution is 2.30. The number of nitrogens with one attached hydrogen (secondary N) is 1. The van der Waals surface area contributed by atoms with Crippen LogP contribution >= 0.6 is 0 Å². The summed E-state index contributed by atoms with van der Waals surface area (Å²) in [6, 6.07) is 8.80. The third kappa shape index (κ3) is 3.01. The minimum Gasteiger partial charge on any atom is -0.493 e. The molecule has 1 N–H and O–H groups in total. The molecule has 1 aromatic carbocycles. The molecule has 17 heavy (non-hydrogen) atoms. The Kier molecular flexibility index (Phi) is 4.43. The second-order valence-electron chi connectivity index (χ2n) is 4.90. The Morgan fingerprint density at radius 3 is 2.71 bits per heavy atom. The molecule has 1 atom stereocenters. The lowest BCUT2D eigenvalue weighted by Crippen LogP contribution is -2.21. The summed E-state index contributed by atoms with van der Waals surface area (Å²) in [6.45, 7) is 3.08. The number of hydrogen-bond acceptors (Lipinski definition) is 2. The zero-order chi connectivity index (χ0) is 12.1. The third-order valence-electron chi connectivity index (χ3n) is 3.75. The van der Waals surface area contributed by atoms with Crippen LogP contribution in [0.2, 0.25) is 0 Å². The van der Waals surface area contributed by atoms with E-state index in [-0.39, 0.29) is 0 Å².